The smallest absolute Gasteiger partial charge is 0.165 e. The van der Waals surface area contributed by atoms with Gasteiger partial charge in [-0.2, -0.15) is 0 Å². The number of halogens is 2. The lowest BCUT2D eigenvalue weighted by Crippen LogP contribution is -2.42. The average Bonchev–Trinajstić information content (AvgIpc) is 2.02. The lowest BCUT2D eigenvalue weighted by molar-refractivity contribution is -0.122. The maximum Gasteiger partial charge on any atom is 0.165 e. The van der Waals surface area contributed by atoms with Gasteiger partial charge in [-0.3, -0.25) is 4.79 Å². The summed E-state index contributed by atoms with van der Waals surface area (Å²) in [4.78, 5) is 12.2. The van der Waals surface area contributed by atoms with Crippen LogP contribution in [0.25, 0.3) is 0 Å². The first kappa shape index (κ1) is 14.6. The van der Waals surface area contributed by atoms with E-state index in [2.05, 4.69) is 45.7 Å². The van der Waals surface area contributed by atoms with E-state index in [1.165, 1.54) is 0 Å². The van der Waals surface area contributed by atoms with Gasteiger partial charge >= 0.3 is 0 Å². The summed E-state index contributed by atoms with van der Waals surface area (Å²) >= 11 is 7.07. The molecule has 1 nitrogen and oxygen atoms in total. The van der Waals surface area contributed by atoms with E-state index in [9.17, 15) is 4.79 Å². The molecule has 0 bridgehead atoms. The number of carbonyl (C=O) groups excluding carboxylic acids is 1. The van der Waals surface area contributed by atoms with Gasteiger partial charge in [0, 0.05) is 0 Å². The highest BCUT2D eigenvalue weighted by molar-refractivity contribution is 9.11. The van der Waals surface area contributed by atoms with Crippen molar-refractivity contribution >= 4 is 37.6 Å². The number of Topliss-reactive ketones (excluding diaryl/α,β-unsaturated/α-hetero) is 1. The molecule has 0 aromatic rings. The molecule has 0 amide bonds. The van der Waals surface area contributed by atoms with Crippen molar-refractivity contribution in [2.24, 2.45) is 0 Å². The van der Waals surface area contributed by atoms with E-state index in [0.29, 0.717) is 0 Å². The highest BCUT2D eigenvalue weighted by Crippen LogP contribution is 2.36. The normalized spacial score (nSPS) is 19.9. The molecule has 0 aromatic heterocycles. The zero-order valence-electron chi connectivity index (χ0n) is 9.49. The monoisotopic (exact) mass is 326 g/mol. The van der Waals surface area contributed by atoms with Crippen LogP contribution in [0, 0.1) is 0 Å². The number of rotatable bonds is 6. The Hall–Kier alpha value is 0.630. The summed E-state index contributed by atoms with van der Waals surface area (Å²) in [6.45, 7) is 8.12. The molecule has 0 spiro atoms. The third-order valence-corrected chi connectivity index (χ3v) is 3.90. The third kappa shape index (κ3) is 4.01. The highest BCUT2D eigenvalue weighted by atomic mass is 79.9. The van der Waals surface area contributed by atoms with Gasteiger partial charge in [-0.15, -0.1) is 0 Å². The summed E-state index contributed by atoms with van der Waals surface area (Å²) in [6, 6.07) is 0. The summed E-state index contributed by atoms with van der Waals surface area (Å²) < 4.78 is -0.760. The van der Waals surface area contributed by atoms with Crippen molar-refractivity contribution in [2.45, 2.75) is 62.0 Å². The molecule has 0 N–H and O–H groups in total. The molecule has 0 heterocycles. The number of alkyl halides is 2. The largest absolute Gasteiger partial charge is 0.297 e. The van der Waals surface area contributed by atoms with Crippen LogP contribution in [-0.4, -0.2) is 14.4 Å². The van der Waals surface area contributed by atoms with Crippen molar-refractivity contribution < 1.29 is 4.79 Å². The topological polar surface area (TPSA) is 17.1 Å². The van der Waals surface area contributed by atoms with Crippen LogP contribution < -0.4 is 0 Å². The second-order valence-electron chi connectivity index (χ2n) is 4.22. The van der Waals surface area contributed by atoms with Crippen LogP contribution in [0.5, 0.6) is 0 Å². The summed E-state index contributed by atoms with van der Waals surface area (Å²) in [5, 5.41) is 0. The van der Waals surface area contributed by atoms with Crippen molar-refractivity contribution in [3.8, 4) is 0 Å². The molecule has 0 aliphatic carbocycles. The second-order valence-corrected chi connectivity index (χ2v) is 7.72. The van der Waals surface area contributed by atoms with E-state index in [4.69, 9.17) is 0 Å². The predicted molar refractivity (Wildman–Crippen MR) is 69.5 cm³/mol. The zero-order chi connectivity index (χ0) is 11.4. The molecule has 2 unspecified atom stereocenters. The van der Waals surface area contributed by atoms with Gasteiger partial charge in [-0.1, -0.05) is 58.5 Å². The van der Waals surface area contributed by atoms with Gasteiger partial charge in [0.05, 0.1) is 8.65 Å². The Labute approximate surface area is 104 Å². The lowest BCUT2D eigenvalue weighted by atomic mass is 9.89. The fourth-order valence-electron chi connectivity index (χ4n) is 1.71. The Bertz CT molecular complexity index is 177. The standard InChI is InChI=1S/C11H20Br2O/c1-5-7-10(3,12)9(14)11(4,13)8-6-2/h5-8H2,1-4H3. The Kier molecular flexibility index (Phi) is 5.90. The van der Waals surface area contributed by atoms with E-state index in [1.54, 1.807) is 0 Å². The van der Waals surface area contributed by atoms with Crippen LogP contribution in [0.2, 0.25) is 0 Å². The minimum absolute atomic E-state index is 0.258. The molecular weight excluding hydrogens is 308 g/mol. The number of ketones is 1. The van der Waals surface area contributed by atoms with E-state index in [-0.39, 0.29) is 14.4 Å². The van der Waals surface area contributed by atoms with Crippen molar-refractivity contribution in [1.82, 2.24) is 0 Å². The summed E-state index contributed by atoms with van der Waals surface area (Å²) in [5.74, 6) is 0.258. The van der Waals surface area contributed by atoms with Gasteiger partial charge in [0.15, 0.2) is 5.78 Å². The second kappa shape index (κ2) is 5.64. The molecule has 0 aliphatic rings. The SMILES string of the molecule is CCCC(C)(Br)C(=O)C(C)(Br)CCC. The maximum atomic E-state index is 12.2. The van der Waals surface area contributed by atoms with Gasteiger partial charge in [-0.05, 0) is 26.7 Å². The molecule has 14 heavy (non-hydrogen) atoms. The predicted octanol–water partition coefficient (Wildman–Crippen LogP) is 4.46. The molecule has 0 rings (SSSR count). The van der Waals surface area contributed by atoms with Gasteiger partial charge in [-0.25, -0.2) is 0 Å². The van der Waals surface area contributed by atoms with Crippen molar-refractivity contribution in [3.63, 3.8) is 0 Å². The summed E-state index contributed by atoms with van der Waals surface area (Å²) in [7, 11) is 0. The Morgan fingerprint density at radius 1 is 1.00 bits per heavy atom. The van der Waals surface area contributed by atoms with Crippen LogP contribution >= 0.6 is 31.9 Å². The minimum atomic E-state index is -0.380. The van der Waals surface area contributed by atoms with Crippen molar-refractivity contribution in [2.75, 3.05) is 0 Å². The first-order valence-corrected chi connectivity index (χ1v) is 6.79. The molecule has 0 radical (unpaired) electrons. The van der Waals surface area contributed by atoms with E-state index in [0.717, 1.165) is 25.7 Å². The molecule has 0 fully saturated rings. The number of hydrogen-bond donors (Lipinski definition) is 0. The van der Waals surface area contributed by atoms with Crippen LogP contribution in [0.1, 0.15) is 53.4 Å². The Morgan fingerprint density at radius 3 is 1.50 bits per heavy atom. The maximum absolute atomic E-state index is 12.2. The van der Waals surface area contributed by atoms with Crippen LogP contribution in [0.3, 0.4) is 0 Å². The third-order valence-electron chi connectivity index (χ3n) is 2.39. The minimum Gasteiger partial charge on any atom is -0.297 e. The van der Waals surface area contributed by atoms with Gasteiger partial charge in [0.1, 0.15) is 0 Å². The lowest BCUT2D eigenvalue weighted by Gasteiger charge is -2.30. The molecule has 3 heteroatoms. The number of hydrogen-bond acceptors (Lipinski definition) is 1. The van der Waals surface area contributed by atoms with Gasteiger partial charge in [0.2, 0.25) is 0 Å². The van der Waals surface area contributed by atoms with E-state index in [1.807, 2.05) is 13.8 Å². The van der Waals surface area contributed by atoms with Crippen LogP contribution in [0.15, 0.2) is 0 Å². The highest BCUT2D eigenvalue weighted by Gasteiger charge is 2.40. The first-order valence-electron chi connectivity index (χ1n) is 5.20. The Balaban J connectivity index is 4.58. The Morgan fingerprint density at radius 2 is 1.29 bits per heavy atom. The molecule has 0 saturated carbocycles. The van der Waals surface area contributed by atoms with Crippen LogP contribution in [-0.2, 0) is 4.79 Å². The van der Waals surface area contributed by atoms with Gasteiger partial charge in [0.25, 0.3) is 0 Å². The number of carbonyl (C=O) groups is 1. The summed E-state index contributed by atoms with van der Waals surface area (Å²) in [5.41, 5.74) is 0. The summed E-state index contributed by atoms with van der Waals surface area (Å²) in [6.07, 6.45) is 3.80. The molecule has 0 aromatic carbocycles. The quantitative estimate of drug-likeness (QED) is 0.658. The molecule has 0 aliphatic heterocycles. The van der Waals surface area contributed by atoms with E-state index >= 15 is 0 Å². The van der Waals surface area contributed by atoms with Crippen molar-refractivity contribution in [3.05, 3.63) is 0 Å². The van der Waals surface area contributed by atoms with E-state index < -0.39 is 0 Å². The average molecular weight is 328 g/mol. The van der Waals surface area contributed by atoms with Gasteiger partial charge < -0.3 is 0 Å². The fraction of sp³-hybridized carbons (Fsp3) is 0.909. The molecule has 2 atom stereocenters. The fourth-order valence-corrected chi connectivity index (χ4v) is 3.64. The molecule has 84 valence electrons. The zero-order valence-corrected chi connectivity index (χ0v) is 12.7. The van der Waals surface area contributed by atoms with Crippen molar-refractivity contribution in [1.29, 1.82) is 0 Å². The first-order chi connectivity index (χ1) is 6.28. The molecular formula is C11H20Br2O. The van der Waals surface area contributed by atoms with Crippen LogP contribution in [0.4, 0.5) is 0 Å². The molecule has 0 saturated heterocycles.